The van der Waals surface area contributed by atoms with Crippen molar-refractivity contribution in [3.05, 3.63) is 105 Å². The van der Waals surface area contributed by atoms with E-state index in [1.807, 2.05) is 13.8 Å². The summed E-state index contributed by atoms with van der Waals surface area (Å²) in [6.07, 6.45) is -5.45. The maximum atomic E-state index is 14.6. The van der Waals surface area contributed by atoms with Gasteiger partial charge in [-0.1, -0.05) is 57.2 Å². The molecular formula is C47H56F6N8O3. The van der Waals surface area contributed by atoms with E-state index in [0.29, 0.717) is 102 Å². The number of H-pyrrole nitrogens is 2. The minimum absolute atomic E-state index is 0.0136. The van der Waals surface area contributed by atoms with Crippen LogP contribution in [0.15, 0.2) is 48.5 Å². The molecule has 2 aromatic heterocycles. The molecule has 2 saturated heterocycles. The highest BCUT2D eigenvalue weighted by molar-refractivity contribution is 5.95. The molecule has 4 aliphatic rings. The van der Waals surface area contributed by atoms with Crippen LogP contribution in [0.5, 0.6) is 0 Å². The van der Waals surface area contributed by atoms with Crippen LogP contribution in [-0.4, -0.2) is 103 Å². The number of likely N-dealkylation sites (tertiary alicyclic amines) is 2. The first-order valence-corrected chi connectivity index (χ1v) is 22.5. The van der Waals surface area contributed by atoms with E-state index in [1.54, 1.807) is 32.9 Å². The lowest BCUT2D eigenvalue weighted by molar-refractivity contribution is -0.139. The molecule has 0 bridgehead atoms. The predicted octanol–water partition coefficient (Wildman–Crippen LogP) is 8.59. The fraction of sp³-hybridized carbons (Fsp3) is 0.553. The number of halogens is 6. The van der Waals surface area contributed by atoms with E-state index in [-0.39, 0.29) is 65.4 Å². The van der Waals surface area contributed by atoms with Gasteiger partial charge in [-0.2, -0.15) is 36.5 Å². The third kappa shape index (κ3) is 9.59. The van der Waals surface area contributed by atoms with Gasteiger partial charge in [0.05, 0.1) is 11.1 Å². The number of hydrogen-bond acceptors (Lipinski definition) is 6. The minimum atomic E-state index is -4.53. The fourth-order valence-corrected chi connectivity index (χ4v) is 10.6. The quantitative estimate of drug-likeness (QED) is 0.154. The number of aromatic amines is 2. The van der Waals surface area contributed by atoms with E-state index in [2.05, 4.69) is 32.2 Å². The van der Waals surface area contributed by atoms with Crippen molar-refractivity contribution in [3.63, 3.8) is 0 Å². The van der Waals surface area contributed by atoms with Crippen molar-refractivity contribution in [2.24, 2.45) is 11.8 Å². The van der Waals surface area contributed by atoms with Crippen LogP contribution < -0.4 is 0 Å². The molecule has 64 heavy (non-hydrogen) atoms. The van der Waals surface area contributed by atoms with Crippen molar-refractivity contribution in [2.75, 3.05) is 39.3 Å². The third-order valence-corrected chi connectivity index (χ3v) is 13.7. The lowest BCUT2D eigenvalue weighted by atomic mass is 9.80. The summed E-state index contributed by atoms with van der Waals surface area (Å²) in [5.74, 6) is -1.13. The number of amides is 3. The van der Waals surface area contributed by atoms with Gasteiger partial charge in [-0.15, -0.1) is 0 Å². The van der Waals surface area contributed by atoms with Gasteiger partial charge < -0.3 is 14.7 Å². The Bertz CT molecular complexity index is 2330. The molecule has 0 radical (unpaired) electrons. The smallest absolute Gasteiger partial charge is 0.338 e. The molecule has 3 unspecified atom stereocenters. The average molecular weight is 895 g/mol. The number of nitrogens with zero attached hydrogens (tertiary/aromatic N) is 6. The van der Waals surface area contributed by atoms with Crippen LogP contribution in [0, 0.1) is 11.8 Å². The third-order valence-electron chi connectivity index (χ3n) is 13.7. The highest BCUT2D eigenvalue weighted by atomic mass is 19.4. The van der Waals surface area contributed by atoms with Gasteiger partial charge in [0, 0.05) is 100 Å². The number of carbonyl (C=O) groups is 3. The van der Waals surface area contributed by atoms with Gasteiger partial charge in [-0.05, 0) is 79.0 Å². The zero-order valence-corrected chi connectivity index (χ0v) is 36.5. The van der Waals surface area contributed by atoms with Crippen molar-refractivity contribution < 1.29 is 40.7 Å². The second-order valence-electron chi connectivity index (χ2n) is 18.7. The van der Waals surface area contributed by atoms with Gasteiger partial charge in [-0.3, -0.25) is 29.5 Å². The number of carbonyl (C=O) groups excluding carboxylic acids is 3. The van der Waals surface area contributed by atoms with Gasteiger partial charge in [0.2, 0.25) is 5.91 Å². The van der Waals surface area contributed by atoms with Crippen molar-refractivity contribution in [1.82, 2.24) is 40.0 Å². The van der Waals surface area contributed by atoms with Crippen LogP contribution in [0.3, 0.4) is 0 Å². The number of rotatable bonds is 10. The van der Waals surface area contributed by atoms with E-state index in [1.165, 1.54) is 18.2 Å². The summed E-state index contributed by atoms with van der Waals surface area (Å²) < 4.78 is 84.2. The summed E-state index contributed by atoms with van der Waals surface area (Å²) in [5.41, 5.74) is 2.90. The Morgan fingerprint density at radius 2 is 1.23 bits per heavy atom. The summed E-state index contributed by atoms with van der Waals surface area (Å²) in [6, 6.07) is 10.9. The molecule has 8 rings (SSSR count). The number of fused-ring (bicyclic) bond motifs is 2. The number of alkyl halides is 6. The zero-order valence-electron chi connectivity index (χ0n) is 36.5. The molecule has 11 nitrogen and oxygen atoms in total. The van der Waals surface area contributed by atoms with Crippen molar-refractivity contribution >= 4 is 17.7 Å². The van der Waals surface area contributed by atoms with Crippen molar-refractivity contribution in [2.45, 2.75) is 115 Å². The first kappa shape index (κ1) is 45.4. The molecule has 0 aliphatic carbocycles. The summed E-state index contributed by atoms with van der Waals surface area (Å²) in [4.78, 5) is 49.0. The second-order valence-corrected chi connectivity index (χ2v) is 18.7. The molecule has 2 N–H and O–H groups in total. The predicted molar refractivity (Wildman–Crippen MR) is 226 cm³/mol. The first-order chi connectivity index (χ1) is 30.5. The normalized spacial score (nSPS) is 20.6. The van der Waals surface area contributed by atoms with E-state index in [9.17, 15) is 40.7 Å². The zero-order chi connectivity index (χ0) is 45.5. The lowest BCUT2D eigenvalue weighted by Gasteiger charge is -2.42. The van der Waals surface area contributed by atoms with Gasteiger partial charge in [0.25, 0.3) is 11.8 Å². The maximum absolute atomic E-state index is 14.6. The van der Waals surface area contributed by atoms with Gasteiger partial charge in [0.1, 0.15) is 0 Å². The molecular weight excluding hydrogens is 839 g/mol. The van der Waals surface area contributed by atoms with Crippen LogP contribution in [0.1, 0.15) is 137 Å². The van der Waals surface area contributed by atoms with Crippen LogP contribution in [0.4, 0.5) is 26.3 Å². The number of piperidine rings is 2. The van der Waals surface area contributed by atoms with E-state index in [0.717, 1.165) is 29.1 Å². The molecule has 17 heteroatoms. The monoisotopic (exact) mass is 894 g/mol. The number of hydrogen-bond donors (Lipinski definition) is 2. The molecule has 0 spiro atoms. The van der Waals surface area contributed by atoms with Crippen molar-refractivity contribution in [1.29, 1.82) is 0 Å². The second kappa shape index (κ2) is 18.4. The topological polar surface area (TPSA) is 122 Å². The molecule has 0 saturated carbocycles. The Balaban J connectivity index is 0.962. The highest BCUT2D eigenvalue weighted by Crippen LogP contribution is 2.42. The summed E-state index contributed by atoms with van der Waals surface area (Å²) in [5, 5.41) is 15.0. The highest BCUT2D eigenvalue weighted by Gasteiger charge is 2.42. The van der Waals surface area contributed by atoms with Crippen LogP contribution in [0.2, 0.25) is 0 Å². The van der Waals surface area contributed by atoms with Gasteiger partial charge in [0.15, 0.2) is 11.4 Å². The Morgan fingerprint density at radius 3 is 1.84 bits per heavy atom. The number of nitrogens with one attached hydrogen (secondary N) is 2. The van der Waals surface area contributed by atoms with Crippen LogP contribution >= 0.6 is 0 Å². The Kier molecular flexibility index (Phi) is 13.0. The summed E-state index contributed by atoms with van der Waals surface area (Å²) in [7, 11) is 0. The Hall–Kier alpha value is -5.19. The first-order valence-electron chi connectivity index (χ1n) is 22.5. The molecule has 3 atom stereocenters. The Labute approximate surface area is 368 Å². The molecule has 6 heterocycles. The van der Waals surface area contributed by atoms with E-state index in [4.69, 9.17) is 0 Å². The fourth-order valence-electron chi connectivity index (χ4n) is 10.6. The average Bonchev–Trinajstić information content (AvgIpc) is 3.89. The number of aromatic nitrogens is 4. The summed E-state index contributed by atoms with van der Waals surface area (Å²) in [6.45, 7) is 9.38. The van der Waals surface area contributed by atoms with Crippen molar-refractivity contribution in [3.8, 4) is 0 Å². The minimum Gasteiger partial charge on any atom is -0.338 e. The SMILES string of the molecule is CC(C)CC(=O)N1CCc2[nH]nc(C(=O)N3CCC(c4ccccc4C(F)(F)F)CC3CC(C)CN3CCc4[nH]nc(C(=O)N5CCC(c6ccccc6C(F)(F)F)CC5)c4C3)c2C1. The molecule has 4 aliphatic heterocycles. The molecule has 2 aromatic carbocycles. The number of benzene rings is 2. The molecule has 344 valence electrons. The molecule has 4 aromatic rings. The van der Waals surface area contributed by atoms with Gasteiger partial charge in [-0.25, -0.2) is 0 Å². The Morgan fingerprint density at radius 1 is 0.688 bits per heavy atom. The van der Waals surface area contributed by atoms with E-state index < -0.39 is 35.4 Å². The molecule has 3 amide bonds. The largest absolute Gasteiger partial charge is 0.416 e. The summed E-state index contributed by atoms with van der Waals surface area (Å²) >= 11 is 0. The van der Waals surface area contributed by atoms with Gasteiger partial charge >= 0.3 is 12.4 Å². The lowest BCUT2D eigenvalue weighted by Crippen LogP contribution is -2.48. The van der Waals surface area contributed by atoms with E-state index >= 15 is 0 Å². The maximum Gasteiger partial charge on any atom is 0.416 e. The molecule has 2 fully saturated rings. The van der Waals surface area contributed by atoms with Crippen LogP contribution in [0.25, 0.3) is 0 Å². The van der Waals surface area contributed by atoms with Crippen LogP contribution in [-0.2, 0) is 43.1 Å². The standard InChI is InChI=1S/C47H56F6N8O3/c1-28(2)22-41(62)60-20-16-40-36(27-60)43(57-55-40)45(64)61-21-14-31(34-9-5-7-11-38(34)47(51,52)53)24-32(61)23-29(3)25-58-17-15-39-35(26-58)42(56-54-39)44(63)59-18-12-30(13-19-59)33-8-4-6-10-37(33)46(48,49)50/h4-11,28-32H,12-27H2,1-3H3,(H,54,56)(H,55,57).